The predicted molar refractivity (Wildman–Crippen MR) is 59.9 cm³/mol. The van der Waals surface area contributed by atoms with Crippen molar-refractivity contribution in [1.82, 2.24) is 15.0 Å². The average Bonchev–Trinajstić information content (AvgIpc) is 2.39. The highest BCUT2D eigenvalue weighted by Crippen LogP contribution is 2.22. The molecule has 1 aromatic heterocycles. The van der Waals surface area contributed by atoms with E-state index in [-0.39, 0.29) is 6.29 Å². The number of hydrogen-bond acceptors (Lipinski definition) is 9. The van der Waals surface area contributed by atoms with Crippen LogP contribution in [0.25, 0.3) is 0 Å². The van der Waals surface area contributed by atoms with Crippen LogP contribution in [0.15, 0.2) is 12.7 Å². The molecule has 2 unspecified atom stereocenters. The van der Waals surface area contributed by atoms with E-state index in [2.05, 4.69) is 19.7 Å². The number of aldehydes is 1. The van der Waals surface area contributed by atoms with E-state index in [1.165, 1.54) is 0 Å². The van der Waals surface area contributed by atoms with Gasteiger partial charge in [-0.15, -0.1) is 0 Å². The molecule has 3 N–H and O–H groups in total. The number of nitrogens with zero attached hydrogens (tertiary/aromatic N) is 3. The number of carbonyl (C=O) groups is 4. The number of rotatable bonds is 7. The molecule has 21 heavy (non-hydrogen) atoms. The molecule has 0 amide bonds. The number of aromatic nitrogens is 3. The van der Waals surface area contributed by atoms with Gasteiger partial charge in [0.15, 0.2) is 11.5 Å². The van der Waals surface area contributed by atoms with Crippen molar-refractivity contribution in [2.24, 2.45) is 5.92 Å². The second kappa shape index (κ2) is 6.47. The lowest BCUT2D eigenvalue weighted by molar-refractivity contribution is -0.178. The summed E-state index contributed by atoms with van der Waals surface area (Å²) in [6.45, 7) is 0. The Morgan fingerprint density at radius 1 is 1.29 bits per heavy atom. The number of hydrogen-bond donors (Lipinski definition) is 3. The minimum atomic E-state index is -3.16. The molecule has 0 aromatic carbocycles. The summed E-state index contributed by atoms with van der Waals surface area (Å²) in [5, 5.41) is 27.4. The van der Waals surface area contributed by atoms with Gasteiger partial charge in [-0.05, 0) is 0 Å². The summed E-state index contributed by atoms with van der Waals surface area (Å²) < 4.78 is 4.50. The van der Waals surface area contributed by atoms with E-state index in [9.17, 15) is 24.3 Å². The van der Waals surface area contributed by atoms with Crippen molar-refractivity contribution < 1.29 is 39.2 Å². The Hall–Kier alpha value is -2.95. The first-order valence-corrected chi connectivity index (χ1v) is 5.27. The molecule has 112 valence electrons. The molecule has 0 aliphatic carbocycles. The van der Waals surface area contributed by atoms with Gasteiger partial charge in [0.2, 0.25) is 0 Å². The first kappa shape index (κ1) is 16.1. The van der Waals surface area contributed by atoms with E-state index in [1.54, 1.807) is 0 Å². The molecule has 0 fully saturated rings. The Morgan fingerprint density at radius 3 is 2.29 bits per heavy atom. The second-order valence-electron chi connectivity index (χ2n) is 3.75. The van der Waals surface area contributed by atoms with E-state index >= 15 is 0 Å². The second-order valence-corrected chi connectivity index (χ2v) is 3.75. The molecule has 2 atom stereocenters. The number of carboxylic acids is 2. The molecule has 0 radical (unpaired) electrons. The standard InChI is InChI=1S/C10H9N3O8/c14-2-5(7(16)17)10(20,8(18)19)1-6(15)21-9-12-3-11-4-13-9/h2-5,20H,1H2,(H,16,17)(H,18,19). The van der Waals surface area contributed by atoms with Crippen molar-refractivity contribution in [3.05, 3.63) is 12.7 Å². The van der Waals surface area contributed by atoms with Gasteiger partial charge in [-0.25, -0.2) is 9.78 Å². The van der Waals surface area contributed by atoms with Gasteiger partial charge in [0.05, 0.1) is 6.42 Å². The Balaban J connectivity index is 2.92. The summed E-state index contributed by atoms with van der Waals surface area (Å²) in [6, 6.07) is -0.472. The summed E-state index contributed by atoms with van der Waals surface area (Å²) in [6.07, 6.45) is 0.408. The Bertz CT molecular complexity index is 563. The van der Waals surface area contributed by atoms with Crippen molar-refractivity contribution >= 4 is 24.2 Å². The lowest BCUT2D eigenvalue weighted by atomic mass is 9.85. The number of aliphatic carboxylic acids is 2. The third-order valence-corrected chi connectivity index (χ3v) is 2.38. The molecule has 0 spiro atoms. The molecular formula is C10H9N3O8. The SMILES string of the molecule is O=CC(C(=O)O)C(O)(CC(=O)Oc1ncncn1)C(=O)O. The van der Waals surface area contributed by atoms with E-state index in [1.807, 2.05) is 0 Å². The van der Waals surface area contributed by atoms with E-state index < -0.39 is 41.9 Å². The van der Waals surface area contributed by atoms with Crippen molar-refractivity contribution in [3.63, 3.8) is 0 Å². The Labute approximate surface area is 116 Å². The zero-order valence-electron chi connectivity index (χ0n) is 10.2. The fourth-order valence-corrected chi connectivity index (χ4v) is 1.33. The molecule has 0 saturated carbocycles. The quantitative estimate of drug-likeness (QED) is 0.285. The third kappa shape index (κ3) is 3.76. The van der Waals surface area contributed by atoms with Crippen LogP contribution in [0, 0.1) is 5.92 Å². The molecule has 1 aromatic rings. The van der Waals surface area contributed by atoms with E-state index in [0.29, 0.717) is 0 Å². The fraction of sp³-hybridized carbons (Fsp3) is 0.300. The van der Waals surface area contributed by atoms with Gasteiger partial charge >= 0.3 is 23.9 Å². The molecule has 1 rings (SSSR count). The number of esters is 1. The lowest BCUT2D eigenvalue weighted by Gasteiger charge is -2.24. The maximum Gasteiger partial charge on any atom is 0.337 e. The van der Waals surface area contributed by atoms with Gasteiger partial charge in [0, 0.05) is 0 Å². The highest BCUT2D eigenvalue weighted by Gasteiger charge is 2.50. The summed E-state index contributed by atoms with van der Waals surface area (Å²) in [7, 11) is 0. The monoisotopic (exact) mass is 299 g/mol. The summed E-state index contributed by atoms with van der Waals surface area (Å²) in [5.74, 6) is -7.64. The molecule has 1 heterocycles. The molecule has 0 saturated heterocycles. The zero-order chi connectivity index (χ0) is 16.0. The topological polar surface area (TPSA) is 177 Å². The first-order valence-electron chi connectivity index (χ1n) is 5.27. The van der Waals surface area contributed by atoms with Crippen LogP contribution in [0.3, 0.4) is 0 Å². The van der Waals surface area contributed by atoms with Gasteiger partial charge in [0.1, 0.15) is 18.9 Å². The van der Waals surface area contributed by atoms with Crippen molar-refractivity contribution in [3.8, 4) is 6.01 Å². The Kier molecular flexibility index (Phi) is 4.96. The molecule has 0 aliphatic rings. The molecule has 0 aliphatic heterocycles. The summed E-state index contributed by atoms with van der Waals surface area (Å²) in [4.78, 5) is 54.2. The maximum absolute atomic E-state index is 11.5. The van der Waals surface area contributed by atoms with Crippen LogP contribution in [0.1, 0.15) is 6.42 Å². The largest absolute Gasteiger partial charge is 0.481 e. The number of carboxylic acid groups (broad SMARTS) is 2. The number of carbonyl (C=O) groups excluding carboxylic acids is 2. The van der Waals surface area contributed by atoms with Gasteiger partial charge in [-0.3, -0.25) is 9.59 Å². The van der Waals surface area contributed by atoms with Crippen LogP contribution in [0.5, 0.6) is 6.01 Å². The first-order chi connectivity index (χ1) is 9.81. The predicted octanol–water partition coefficient (Wildman–Crippen LogP) is -2.12. The smallest absolute Gasteiger partial charge is 0.337 e. The van der Waals surface area contributed by atoms with Gasteiger partial charge < -0.3 is 24.9 Å². The Morgan fingerprint density at radius 2 is 1.86 bits per heavy atom. The minimum absolute atomic E-state index is 0.285. The van der Waals surface area contributed by atoms with Crippen molar-refractivity contribution in [2.75, 3.05) is 0 Å². The maximum atomic E-state index is 11.5. The minimum Gasteiger partial charge on any atom is -0.481 e. The normalized spacial score (nSPS) is 14.5. The van der Waals surface area contributed by atoms with Crippen LogP contribution in [-0.2, 0) is 19.2 Å². The average molecular weight is 299 g/mol. The van der Waals surface area contributed by atoms with Crippen LogP contribution >= 0.6 is 0 Å². The van der Waals surface area contributed by atoms with Gasteiger partial charge in [-0.2, -0.15) is 9.97 Å². The molecular weight excluding hydrogens is 290 g/mol. The lowest BCUT2D eigenvalue weighted by Crippen LogP contribution is -2.52. The van der Waals surface area contributed by atoms with Gasteiger partial charge in [-0.1, -0.05) is 0 Å². The van der Waals surface area contributed by atoms with Gasteiger partial charge in [0.25, 0.3) is 0 Å². The number of aliphatic hydroxyl groups is 1. The molecule has 0 bridgehead atoms. The van der Waals surface area contributed by atoms with Crippen molar-refractivity contribution in [2.45, 2.75) is 12.0 Å². The zero-order valence-corrected chi connectivity index (χ0v) is 10.2. The third-order valence-electron chi connectivity index (χ3n) is 2.38. The van der Waals surface area contributed by atoms with E-state index in [4.69, 9.17) is 10.2 Å². The highest BCUT2D eigenvalue weighted by atomic mass is 16.5. The van der Waals surface area contributed by atoms with E-state index in [0.717, 1.165) is 12.7 Å². The van der Waals surface area contributed by atoms with Crippen molar-refractivity contribution in [1.29, 1.82) is 0 Å². The highest BCUT2D eigenvalue weighted by molar-refractivity contribution is 5.98. The van der Waals surface area contributed by atoms with Crippen LogP contribution in [-0.4, -0.2) is 60.1 Å². The van der Waals surface area contributed by atoms with Crippen LogP contribution in [0.4, 0.5) is 0 Å². The summed E-state index contributed by atoms with van der Waals surface area (Å²) >= 11 is 0. The van der Waals surface area contributed by atoms with Crippen LogP contribution in [0.2, 0.25) is 0 Å². The fourth-order valence-electron chi connectivity index (χ4n) is 1.33. The molecule has 11 heteroatoms. The molecule has 11 nitrogen and oxygen atoms in total. The number of ether oxygens (including phenoxy) is 1. The summed E-state index contributed by atoms with van der Waals surface area (Å²) in [5.41, 5.74) is -3.16. The van der Waals surface area contributed by atoms with Crippen LogP contribution < -0.4 is 4.74 Å².